The molecule has 2 saturated heterocycles. The lowest BCUT2D eigenvalue weighted by Crippen LogP contribution is -2.31. The topological polar surface area (TPSA) is 93.2 Å². The predicted molar refractivity (Wildman–Crippen MR) is 132 cm³/mol. The van der Waals surface area contributed by atoms with Crippen molar-refractivity contribution in [3.8, 4) is 0 Å². The normalized spacial score (nSPS) is 19.1. The summed E-state index contributed by atoms with van der Waals surface area (Å²) in [5.74, 6) is -1.39. The highest BCUT2D eigenvalue weighted by Crippen LogP contribution is 2.42. The highest BCUT2D eigenvalue weighted by Gasteiger charge is 2.41. The first-order valence-corrected chi connectivity index (χ1v) is 12.7. The number of amides is 2. The molecule has 2 aliphatic rings. The molecule has 8 nitrogen and oxygen atoms in total. The molecular weight excluding hydrogens is 492 g/mol. The number of ether oxygens (including phenoxy) is 2. The van der Waals surface area contributed by atoms with Gasteiger partial charge in [-0.1, -0.05) is 48.0 Å². The average Bonchev–Trinajstić information content (AvgIpc) is 3.11. The molecule has 2 amide bonds. The number of thioether (sulfide) groups is 2. The van der Waals surface area contributed by atoms with E-state index in [9.17, 15) is 19.2 Å². The van der Waals surface area contributed by atoms with Gasteiger partial charge in [-0.15, -0.1) is 0 Å². The zero-order valence-electron chi connectivity index (χ0n) is 18.4. The number of rotatable bonds is 10. The molecule has 0 aromatic rings. The number of hydrogen-bond acceptors (Lipinski definition) is 10. The molecule has 0 aromatic heterocycles. The van der Waals surface area contributed by atoms with E-state index in [1.54, 1.807) is 27.7 Å². The van der Waals surface area contributed by atoms with Crippen LogP contribution in [0, 0.1) is 0 Å². The summed E-state index contributed by atoms with van der Waals surface area (Å²) in [6.07, 6.45) is 0.763. The molecule has 0 saturated carbocycles. The maximum atomic E-state index is 12.9. The maximum absolute atomic E-state index is 12.9. The number of carbonyl (C=O) groups excluding carboxylic acids is 4. The van der Waals surface area contributed by atoms with Gasteiger partial charge in [0.05, 0.1) is 22.0 Å². The zero-order valence-corrected chi connectivity index (χ0v) is 21.6. The van der Waals surface area contributed by atoms with Crippen LogP contribution in [0.25, 0.3) is 0 Å². The SMILES string of the molecule is CC(C)OC(=O)CCCN1C(=O)/C(=C2\SC(=S)N(CCCC(=O)OC(C)C)C2=O)SC1=S. The van der Waals surface area contributed by atoms with Crippen molar-refractivity contribution in [2.24, 2.45) is 0 Å². The van der Waals surface area contributed by atoms with E-state index in [-0.39, 0.29) is 71.7 Å². The van der Waals surface area contributed by atoms with Crippen molar-refractivity contribution in [2.75, 3.05) is 13.1 Å². The number of hydrogen-bond donors (Lipinski definition) is 0. The molecule has 0 N–H and O–H groups in total. The number of nitrogens with zero attached hydrogens (tertiary/aromatic N) is 2. The monoisotopic (exact) mass is 518 g/mol. The molecule has 32 heavy (non-hydrogen) atoms. The van der Waals surface area contributed by atoms with E-state index in [1.807, 2.05) is 0 Å². The first-order valence-electron chi connectivity index (χ1n) is 10.2. The van der Waals surface area contributed by atoms with Crippen molar-refractivity contribution < 1.29 is 28.7 Å². The molecule has 0 radical (unpaired) electrons. The summed E-state index contributed by atoms with van der Waals surface area (Å²) in [4.78, 5) is 52.4. The first kappa shape index (κ1) is 26.7. The van der Waals surface area contributed by atoms with E-state index in [2.05, 4.69) is 0 Å². The number of thiocarbonyl (C=S) groups is 2. The lowest BCUT2D eigenvalue weighted by Gasteiger charge is -2.15. The summed E-state index contributed by atoms with van der Waals surface area (Å²) >= 11 is 12.7. The smallest absolute Gasteiger partial charge is 0.306 e. The number of esters is 2. The van der Waals surface area contributed by atoms with Gasteiger partial charge >= 0.3 is 11.9 Å². The van der Waals surface area contributed by atoms with E-state index in [0.717, 1.165) is 23.5 Å². The molecule has 0 atom stereocenters. The summed E-state index contributed by atoms with van der Waals surface area (Å²) in [5, 5.41) is 0. The lowest BCUT2D eigenvalue weighted by molar-refractivity contribution is -0.148. The molecule has 0 spiro atoms. The van der Waals surface area contributed by atoms with Crippen molar-refractivity contribution in [3.63, 3.8) is 0 Å². The number of carbonyl (C=O) groups is 4. The Hall–Kier alpha value is -1.50. The summed E-state index contributed by atoms with van der Waals surface area (Å²) in [6.45, 7) is 7.61. The maximum Gasteiger partial charge on any atom is 0.306 e. The quantitative estimate of drug-likeness (QED) is 0.243. The van der Waals surface area contributed by atoms with Gasteiger partial charge in [0.15, 0.2) is 0 Å². The summed E-state index contributed by atoms with van der Waals surface area (Å²) in [6, 6.07) is 0. The van der Waals surface area contributed by atoms with E-state index in [0.29, 0.717) is 21.5 Å². The summed E-state index contributed by atoms with van der Waals surface area (Å²) < 4.78 is 10.8. The third-order valence-corrected chi connectivity index (χ3v) is 7.19. The fourth-order valence-corrected chi connectivity index (χ4v) is 5.63. The second-order valence-electron chi connectivity index (χ2n) is 7.59. The molecule has 0 aliphatic carbocycles. The van der Waals surface area contributed by atoms with Crippen LogP contribution in [0.5, 0.6) is 0 Å². The third-order valence-electron chi connectivity index (χ3n) is 4.16. The molecule has 176 valence electrons. The van der Waals surface area contributed by atoms with Gasteiger partial charge in [0.2, 0.25) is 0 Å². The minimum atomic E-state index is -0.363. The van der Waals surface area contributed by atoms with Crippen LogP contribution in [0.2, 0.25) is 0 Å². The van der Waals surface area contributed by atoms with Gasteiger partial charge < -0.3 is 9.47 Å². The lowest BCUT2D eigenvalue weighted by atomic mass is 10.2. The van der Waals surface area contributed by atoms with Gasteiger partial charge in [-0.05, 0) is 40.5 Å². The predicted octanol–water partition coefficient (Wildman–Crippen LogP) is 3.38. The van der Waals surface area contributed by atoms with Crippen LogP contribution >= 0.6 is 48.0 Å². The molecule has 2 rings (SSSR count). The Morgan fingerprint density at radius 3 is 1.44 bits per heavy atom. The Labute approximate surface area is 206 Å². The Morgan fingerprint density at radius 1 is 0.781 bits per heavy atom. The molecule has 0 bridgehead atoms. The van der Waals surface area contributed by atoms with E-state index in [4.69, 9.17) is 33.9 Å². The van der Waals surface area contributed by atoms with Crippen LogP contribution in [0.3, 0.4) is 0 Å². The molecule has 0 unspecified atom stereocenters. The van der Waals surface area contributed by atoms with Crippen molar-refractivity contribution in [2.45, 2.75) is 65.6 Å². The van der Waals surface area contributed by atoms with Crippen molar-refractivity contribution in [3.05, 3.63) is 9.81 Å². The Bertz CT molecular complexity index is 787. The zero-order chi connectivity index (χ0) is 24.0. The van der Waals surface area contributed by atoms with Crippen molar-refractivity contribution >= 4 is 80.4 Å². The van der Waals surface area contributed by atoms with Gasteiger partial charge in [0.25, 0.3) is 11.8 Å². The second-order valence-corrected chi connectivity index (χ2v) is 10.9. The highest BCUT2D eigenvalue weighted by molar-refractivity contribution is 8.29. The fourth-order valence-electron chi connectivity index (χ4n) is 2.86. The van der Waals surface area contributed by atoms with Crippen molar-refractivity contribution in [1.29, 1.82) is 0 Å². The minimum Gasteiger partial charge on any atom is -0.463 e. The van der Waals surface area contributed by atoms with E-state index >= 15 is 0 Å². The van der Waals surface area contributed by atoms with Gasteiger partial charge in [0.1, 0.15) is 8.64 Å². The van der Waals surface area contributed by atoms with Gasteiger partial charge in [-0.2, -0.15) is 0 Å². The van der Waals surface area contributed by atoms with Crippen LogP contribution in [0.1, 0.15) is 53.4 Å². The Kier molecular flexibility index (Phi) is 10.1. The molecule has 12 heteroatoms. The molecular formula is C20H26N2O6S4. The largest absolute Gasteiger partial charge is 0.463 e. The van der Waals surface area contributed by atoms with E-state index < -0.39 is 0 Å². The summed E-state index contributed by atoms with van der Waals surface area (Å²) in [7, 11) is 0. The standard InChI is InChI=1S/C20H26N2O6S4/c1-11(2)27-13(23)7-5-9-21-17(25)15(31-19(21)29)16-18(26)22(20(30)32-16)10-6-8-14(24)28-12(3)4/h11-12H,5-10H2,1-4H3/b16-15+. The minimum absolute atomic E-state index is 0.173. The molecule has 2 heterocycles. The molecule has 0 aromatic carbocycles. The van der Waals surface area contributed by atoms with Crippen LogP contribution < -0.4 is 0 Å². The van der Waals surface area contributed by atoms with Crippen LogP contribution in [-0.2, 0) is 28.7 Å². The Balaban J connectivity index is 1.96. The van der Waals surface area contributed by atoms with Crippen LogP contribution in [0.15, 0.2) is 9.81 Å². The van der Waals surface area contributed by atoms with Gasteiger partial charge in [-0.25, -0.2) is 0 Å². The third kappa shape index (κ3) is 7.26. The molecule has 2 fully saturated rings. The van der Waals surface area contributed by atoms with Gasteiger partial charge in [-0.3, -0.25) is 29.0 Å². The molecule has 2 aliphatic heterocycles. The first-order chi connectivity index (χ1) is 15.0. The van der Waals surface area contributed by atoms with Crippen LogP contribution in [0.4, 0.5) is 0 Å². The second kappa shape index (κ2) is 12.1. The van der Waals surface area contributed by atoms with Crippen LogP contribution in [-0.4, -0.2) is 67.5 Å². The van der Waals surface area contributed by atoms with Gasteiger partial charge in [0, 0.05) is 25.9 Å². The van der Waals surface area contributed by atoms with Crippen molar-refractivity contribution in [1.82, 2.24) is 9.80 Å². The Morgan fingerprint density at radius 2 is 1.12 bits per heavy atom. The summed E-state index contributed by atoms with van der Waals surface area (Å²) in [5.41, 5.74) is 0. The average molecular weight is 519 g/mol. The van der Waals surface area contributed by atoms with E-state index in [1.165, 1.54) is 9.80 Å². The highest BCUT2D eigenvalue weighted by atomic mass is 32.2. The fraction of sp³-hybridized carbons (Fsp3) is 0.600.